The summed E-state index contributed by atoms with van der Waals surface area (Å²) in [6.45, 7) is 0. The van der Waals surface area contributed by atoms with E-state index in [1.54, 1.807) is 0 Å². The van der Waals surface area contributed by atoms with E-state index in [9.17, 15) is 14.0 Å². The van der Waals surface area contributed by atoms with Gasteiger partial charge in [-0.05, 0) is 12.1 Å². The van der Waals surface area contributed by atoms with Crippen LogP contribution in [0.25, 0.3) is 0 Å². The van der Waals surface area contributed by atoms with Crippen LogP contribution in [0.5, 0.6) is 11.5 Å². The van der Waals surface area contributed by atoms with Crippen LogP contribution in [0.15, 0.2) is 18.2 Å². The Morgan fingerprint density at radius 2 is 1.82 bits per heavy atom. The number of rotatable bonds is 5. The number of hydrogen-bond acceptors (Lipinski definition) is 4. The third kappa shape index (κ3) is 3.07. The van der Waals surface area contributed by atoms with Gasteiger partial charge in [-0.15, -0.1) is 0 Å². The van der Waals surface area contributed by atoms with Crippen molar-refractivity contribution in [2.45, 2.75) is 6.10 Å². The molecule has 0 heterocycles. The van der Waals surface area contributed by atoms with E-state index >= 15 is 0 Å². The number of halogens is 1. The molecule has 1 rings (SSSR count). The van der Waals surface area contributed by atoms with Crippen molar-refractivity contribution in [3.63, 3.8) is 0 Å². The molecule has 6 nitrogen and oxygen atoms in total. The molecule has 0 amide bonds. The van der Waals surface area contributed by atoms with Gasteiger partial charge >= 0.3 is 11.9 Å². The van der Waals surface area contributed by atoms with Gasteiger partial charge < -0.3 is 19.7 Å². The Morgan fingerprint density at radius 1 is 1.24 bits per heavy atom. The highest BCUT2D eigenvalue weighted by Crippen LogP contribution is 2.28. The van der Waals surface area contributed by atoms with Gasteiger partial charge in [0, 0.05) is 6.07 Å². The Bertz CT molecular complexity index is 430. The summed E-state index contributed by atoms with van der Waals surface area (Å²) in [6.07, 6.45) is -2.07. The molecule has 0 aliphatic rings. The van der Waals surface area contributed by atoms with Crippen LogP contribution < -0.4 is 9.47 Å². The van der Waals surface area contributed by atoms with Gasteiger partial charge in [-0.3, -0.25) is 0 Å². The monoisotopic (exact) mass is 244 g/mol. The third-order valence-corrected chi connectivity index (χ3v) is 1.82. The van der Waals surface area contributed by atoms with Gasteiger partial charge in [-0.2, -0.15) is 0 Å². The fraction of sp³-hybridized carbons (Fsp3) is 0.200. The number of benzene rings is 1. The Hall–Kier alpha value is -2.31. The van der Waals surface area contributed by atoms with E-state index in [0.717, 1.165) is 18.2 Å². The first-order chi connectivity index (χ1) is 7.95. The lowest BCUT2D eigenvalue weighted by Crippen LogP contribution is -2.35. The molecular weight excluding hydrogens is 235 g/mol. The predicted molar refractivity (Wildman–Crippen MR) is 52.6 cm³/mol. The van der Waals surface area contributed by atoms with Crippen molar-refractivity contribution in [2.75, 3.05) is 7.11 Å². The number of ether oxygens (including phenoxy) is 2. The highest BCUT2D eigenvalue weighted by atomic mass is 19.1. The van der Waals surface area contributed by atoms with Crippen molar-refractivity contribution < 1.29 is 33.7 Å². The molecule has 0 unspecified atom stereocenters. The van der Waals surface area contributed by atoms with Gasteiger partial charge in [0.1, 0.15) is 5.82 Å². The first kappa shape index (κ1) is 12.8. The molecule has 2 N–H and O–H groups in total. The lowest BCUT2D eigenvalue weighted by Gasteiger charge is -2.13. The molecule has 0 fully saturated rings. The average Bonchev–Trinajstić information content (AvgIpc) is 2.26. The number of aliphatic carboxylic acids is 2. The molecule has 0 spiro atoms. The van der Waals surface area contributed by atoms with Gasteiger partial charge in [0.2, 0.25) is 0 Å². The minimum Gasteiger partial charge on any atom is -0.493 e. The Morgan fingerprint density at radius 3 is 2.29 bits per heavy atom. The second-order valence-corrected chi connectivity index (χ2v) is 2.97. The highest BCUT2D eigenvalue weighted by Gasteiger charge is 2.29. The Labute approximate surface area is 95.2 Å². The van der Waals surface area contributed by atoms with E-state index in [2.05, 4.69) is 0 Å². The third-order valence-electron chi connectivity index (χ3n) is 1.82. The second kappa shape index (κ2) is 5.15. The molecule has 0 atom stereocenters. The summed E-state index contributed by atoms with van der Waals surface area (Å²) >= 11 is 0. The number of carboxylic acids is 2. The second-order valence-electron chi connectivity index (χ2n) is 2.97. The zero-order chi connectivity index (χ0) is 13.0. The Kier molecular flexibility index (Phi) is 3.86. The molecule has 0 saturated carbocycles. The zero-order valence-electron chi connectivity index (χ0n) is 8.71. The summed E-state index contributed by atoms with van der Waals surface area (Å²) in [5.74, 6) is -4.19. The standard InChI is InChI=1S/C10H9FO6/c1-16-7-4-5(11)2-3-6(7)17-8(9(12)13)10(14)15/h2-4,8H,1H3,(H,12,13)(H,14,15). The van der Waals surface area contributed by atoms with Crippen LogP contribution in [0, 0.1) is 5.82 Å². The number of carboxylic acid groups (broad SMARTS) is 2. The average molecular weight is 244 g/mol. The van der Waals surface area contributed by atoms with Crippen molar-refractivity contribution in [3.8, 4) is 11.5 Å². The van der Waals surface area contributed by atoms with E-state index in [1.807, 2.05) is 0 Å². The van der Waals surface area contributed by atoms with E-state index in [0.29, 0.717) is 0 Å². The molecule has 0 aromatic heterocycles. The molecule has 1 aromatic carbocycles. The van der Waals surface area contributed by atoms with Crippen LogP contribution in [0.4, 0.5) is 4.39 Å². The molecule has 0 aliphatic carbocycles. The lowest BCUT2D eigenvalue weighted by atomic mass is 10.3. The lowest BCUT2D eigenvalue weighted by molar-refractivity contribution is -0.159. The largest absolute Gasteiger partial charge is 0.493 e. The molecule has 1 aromatic rings. The zero-order valence-corrected chi connectivity index (χ0v) is 8.71. The van der Waals surface area contributed by atoms with Crippen molar-refractivity contribution in [1.29, 1.82) is 0 Å². The summed E-state index contributed by atoms with van der Waals surface area (Å²) in [5.41, 5.74) is 0. The van der Waals surface area contributed by atoms with E-state index in [-0.39, 0.29) is 11.5 Å². The molecule has 0 radical (unpaired) electrons. The fourth-order valence-corrected chi connectivity index (χ4v) is 1.07. The maximum absolute atomic E-state index is 12.8. The molecule has 0 saturated heterocycles. The van der Waals surface area contributed by atoms with Gasteiger partial charge in [0.25, 0.3) is 6.10 Å². The minimum atomic E-state index is -2.07. The summed E-state index contributed by atoms with van der Waals surface area (Å²) in [6, 6.07) is 3.04. The summed E-state index contributed by atoms with van der Waals surface area (Å²) in [5, 5.41) is 17.2. The van der Waals surface area contributed by atoms with Gasteiger partial charge in [-0.25, -0.2) is 14.0 Å². The maximum Gasteiger partial charge on any atom is 0.356 e. The first-order valence-electron chi connectivity index (χ1n) is 4.41. The van der Waals surface area contributed by atoms with Crippen molar-refractivity contribution in [1.82, 2.24) is 0 Å². The van der Waals surface area contributed by atoms with Crippen molar-refractivity contribution in [2.24, 2.45) is 0 Å². The molecule has 0 aliphatic heterocycles. The van der Waals surface area contributed by atoms with E-state index in [1.165, 1.54) is 7.11 Å². The van der Waals surface area contributed by atoms with Crippen molar-refractivity contribution in [3.05, 3.63) is 24.0 Å². The van der Waals surface area contributed by atoms with E-state index < -0.39 is 23.9 Å². The molecule has 0 bridgehead atoms. The molecule has 17 heavy (non-hydrogen) atoms. The van der Waals surface area contributed by atoms with Crippen LogP contribution in [0.2, 0.25) is 0 Å². The Balaban J connectivity index is 3.00. The predicted octanol–water partition coefficient (Wildman–Crippen LogP) is 0.751. The van der Waals surface area contributed by atoms with Crippen LogP contribution in [0.3, 0.4) is 0 Å². The fourth-order valence-electron chi connectivity index (χ4n) is 1.07. The van der Waals surface area contributed by atoms with Crippen molar-refractivity contribution >= 4 is 11.9 Å². The van der Waals surface area contributed by atoms with Gasteiger partial charge in [0.15, 0.2) is 11.5 Å². The SMILES string of the molecule is COc1cc(F)ccc1OC(C(=O)O)C(=O)O. The van der Waals surface area contributed by atoms with Gasteiger partial charge in [-0.1, -0.05) is 0 Å². The molecule has 7 heteroatoms. The first-order valence-corrected chi connectivity index (χ1v) is 4.41. The number of hydrogen-bond donors (Lipinski definition) is 2. The highest BCUT2D eigenvalue weighted by molar-refractivity contribution is 5.96. The normalized spacial score (nSPS) is 10.1. The smallest absolute Gasteiger partial charge is 0.356 e. The molecular formula is C10H9FO6. The molecule has 92 valence electrons. The number of methoxy groups -OCH3 is 1. The quantitative estimate of drug-likeness (QED) is 0.742. The van der Waals surface area contributed by atoms with Crippen LogP contribution >= 0.6 is 0 Å². The minimum absolute atomic E-state index is 0.0856. The van der Waals surface area contributed by atoms with Crippen LogP contribution in [0.1, 0.15) is 0 Å². The number of carbonyl (C=O) groups is 2. The maximum atomic E-state index is 12.8. The van der Waals surface area contributed by atoms with Gasteiger partial charge in [0.05, 0.1) is 7.11 Å². The summed E-state index contributed by atoms with van der Waals surface area (Å²) in [4.78, 5) is 21.2. The van der Waals surface area contributed by atoms with Crippen LogP contribution in [-0.4, -0.2) is 35.4 Å². The topological polar surface area (TPSA) is 93.1 Å². The summed E-state index contributed by atoms with van der Waals surface area (Å²) < 4.78 is 22.3. The van der Waals surface area contributed by atoms with Crippen LogP contribution in [-0.2, 0) is 9.59 Å². The van der Waals surface area contributed by atoms with E-state index in [4.69, 9.17) is 19.7 Å². The summed E-state index contributed by atoms with van der Waals surface area (Å²) in [7, 11) is 1.22.